The first-order valence-electron chi connectivity index (χ1n) is 12.7. The number of para-hydroxylation sites is 2. The molecule has 0 amide bonds. The van der Waals surface area contributed by atoms with Gasteiger partial charge in [0, 0.05) is 12.1 Å². The SMILES string of the molecule is CCCC(NCc1cccc(F)c1CS(=O)(=O)c1ccccc1)P(=O)(Oc1ccccc1)Oc1ccccc1. The van der Waals surface area contributed by atoms with Crippen LogP contribution in [-0.4, -0.2) is 14.2 Å². The molecule has 4 rings (SSSR count). The smallest absolute Gasteiger partial charge is 0.415 e. The third-order valence-electron chi connectivity index (χ3n) is 6.08. The van der Waals surface area contributed by atoms with E-state index in [-0.39, 0.29) is 17.0 Å². The Bertz CT molecular complexity index is 1460. The molecule has 1 N–H and O–H groups in total. The van der Waals surface area contributed by atoms with Gasteiger partial charge < -0.3 is 9.05 Å². The van der Waals surface area contributed by atoms with E-state index in [1.807, 2.05) is 19.1 Å². The standard InChI is InChI=1S/C30H31FNO5PS/c1-2-13-30(38(33,36-25-15-6-3-7-16-25)37-26-17-8-4-9-18-26)32-22-24-14-12-21-29(31)28(24)23-39(34,35)27-19-10-5-11-20-27/h3-12,14-21,30,32H,2,13,22-23H2,1H3. The summed E-state index contributed by atoms with van der Waals surface area (Å²) >= 11 is 0. The van der Waals surface area contributed by atoms with Gasteiger partial charge in [-0.25, -0.2) is 17.4 Å². The van der Waals surface area contributed by atoms with Crippen LogP contribution in [-0.2, 0) is 26.7 Å². The molecule has 4 aromatic carbocycles. The Balaban J connectivity index is 1.62. The van der Waals surface area contributed by atoms with E-state index in [2.05, 4.69) is 5.32 Å². The van der Waals surface area contributed by atoms with Crippen LogP contribution < -0.4 is 14.4 Å². The Morgan fingerprint density at radius 1 is 0.795 bits per heavy atom. The predicted octanol–water partition coefficient (Wildman–Crippen LogP) is 7.37. The average molecular weight is 568 g/mol. The lowest BCUT2D eigenvalue weighted by molar-refractivity contribution is 0.353. The summed E-state index contributed by atoms with van der Waals surface area (Å²) in [6.07, 6.45) is 1.10. The van der Waals surface area contributed by atoms with Gasteiger partial charge in [-0.15, -0.1) is 0 Å². The number of sulfone groups is 1. The minimum Gasteiger partial charge on any atom is -0.415 e. The molecule has 0 bridgehead atoms. The van der Waals surface area contributed by atoms with Gasteiger partial charge in [0.1, 0.15) is 23.1 Å². The van der Waals surface area contributed by atoms with Crippen LogP contribution in [0.2, 0.25) is 0 Å². The highest BCUT2D eigenvalue weighted by molar-refractivity contribution is 7.90. The first kappa shape index (κ1) is 28.6. The van der Waals surface area contributed by atoms with E-state index in [1.165, 1.54) is 24.3 Å². The highest BCUT2D eigenvalue weighted by atomic mass is 32.2. The van der Waals surface area contributed by atoms with Crippen molar-refractivity contribution in [1.82, 2.24) is 5.32 Å². The molecule has 39 heavy (non-hydrogen) atoms. The zero-order chi connectivity index (χ0) is 27.7. The molecule has 9 heteroatoms. The molecular weight excluding hydrogens is 536 g/mol. The van der Waals surface area contributed by atoms with E-state index in [0.29, 0.717) is 29.9 Å². The molecule has 0 spiro atoms. The molecule has 0 heterocycles. The van der Waals surface area contributed by atoms with E-state index >= 15 is 0 Å². The Morgan fingerprint density at radius 2 is 1.33 bits per heavy atom. The van der Waals surface area contributed by atoms with E-state index in [0.717, 1.165) is 0 Å². The lowest BCUT2D eigenvalue weighted by Gasteiger charge is -2.28. The summed E-state index contributed by atoms with van der Waals surface area (Å²) in [5.74, 6) is -1.10. The van der Waals surface area contributed by atoms with Crippen molar-refractivity contribution in [1.29, 1.82) is 0 Å². The Morgan fingerprint density at radius 3 is 1.87 bits per heavy atom. The van der Waals surface area contributed by atoms with Crippen LogP contribution in [0.1, 0.15) is 30.9 Å². The van der Waals surface area contributed by atoms with E-state index < -0.39 is 34.8 Å². The van der Waals surface area contributed by atoms with Gasteiger partial charge in [0.05, 0.1) is 10.6 Å². The maximum atomic E-state index is 15.0. The number of benzene rings is 4. The molecule has 204 valence electrons. The van der Waals surface area contributed by atoms with Crippen molar-refractivity contribution in [2.45, 2.75) is 42.7 Å². The van der Waals surface area contributed by atoms with Gasteiger partial charge in [-0.05, 0) is 54.4 Å². The molecule has 0 saturated heterocycles. The number of hydrogen-bond donors (Lipinski definition) is 1. The number of halogens is 1. The van der Waals surface area contributed by atoms with Gasteiger partial charge >= 0.3 is 7.60 Å². The highest BCUT2D eigenvalue weighted by Crippen LogP contribution is 2.53. The van der Waals surface area contributed by atoms with Crippen LogP contribution in [0.4, 0.5) is 4.39 Å². The second-order valence-electron chi connectivity index (χ2n) is 8.98. The lowest BCUT2D eigenvalue weighted by atomic mass is 10.1. The summed E-state index contributed by atoms with van der Waals surface area (Å²) in [5, 5.41) is 3.24. The second kappa shape index (κ2) is 13.1. The molecule has 0 radical (unpaired) electrons. The van der Waals surface area contributed by atoms with E-state index in [9.17, 15) is 17.4 Å². The Labute approximate surface area is 229 Å². The molecule has 0 aliphatic carbocycles. The Kier molecular flexibility index (Phi) is 9.57. The van der Waals surface area contributed by atoms with Crippen molar-refractivity contribution < 1.29 is 26.4 Å². The van der Waals surface area contributed by atoms with Crippen LogP contribution in [0.3, 0.4) is 0 Å². The summed E-state index contributed by atoms with van der Waals surface area (Å²) in [6, 6.07) is 29.9. The van der Waals surface area contributed by atoms with Gasteiger partial charge in [0.15, 0.2) is 9.84 Å². The van der Waals surface area contributed by atoms with Crippen molar-refractivity contribution in [2.75, 3.05) is 0 Å². The second-order valence-corrected chi connectivity index (χ2v) is 13.0. The summed E-state index contributed by atoms with van der Waals surface area (Å²) in [7, 11) is -7.65. The van der Waals surface area contributed by atoms with Crippen molar-refractivity contribution in [3.05, 3.63) is 126 Å². The van der Waals surface area contributed by atoms with Crippen molar-refractivity contribution in [3.63, 3.8) is 0 Å². The van der Waals surface area contributed by atoms with Gasteiger partial charge in [0.25, 0.3) is 0 Å². The number of rotatable bonds is 13. The quantitative estimate of drug-likeness (QED) is 0.170. The zero-order valence-corrected chi connectivity index (χ0v) is 23.3. The van der Waals surface area contributed by atoms with Gasteiger partial charge in [0.2, 0.25) is 0 Å². The molecule has 1 atom stereocenters. The number of hydrogen-bond acceptors (Lipinski definition) is 6. The summed E-state index contributed by atoms with van der Waals surface area (Å²) < 4.78 is 67.4. The van der Waals surface area contributed by atoms with Crippen LogP contribution in [0, 0.1) is 5.82 Å². The molecule has 6 nitrogen and oxygen atoms in total. The minimum absolute atomic E-state index is 0.0579. The average Bonchev–Trinajstić information content (AvgIpc) is 2.94. The molecule has 0 aliphatic rings. The summed E-state index contributed by atoms with van der Waals surface area (Å²) in [4.78, 5) is 0.119. The predicted molar refractivity (Wildman–Crippen MR) is 151 cm³/mol. The van der Waals surface area contributed by atoms with Crippen molar-refractivity contribution in [3.8, 4) is 11.5 Å². The third kappa shape index (κ3) is 7.57. The molecule has 0 aromatic heterocycles. The lowest BCUT2D eigenvalue weighted by Crippen LogP contribution is -2.32. The fraction of sp³-hybridized carbons (Fsp3) is 0.200. The summed E-state index contributed by atoms with van der Waals surface area (Å²) in [6.45, 7) is 2.01. The first-order chi connectivity index (χ1) is 18.8. The highest BCUT2D eigenvalue weighted by Gasteiger charge is 2.39. The fourth-order valence-corrected chi connectivity index (χ4v) is 7.56. The molecular formula is C30H31FNO5PS. The van der Waals surface area contributed by atoms with Crippen molar-refractivity contribution >= 4 is 17.4 Å². The van der Waals surface area contributed by atoms with Crippen LogP contribution in [0.15, 0.2) is 114 Å². The normalized spacial score (nSPS) is 12.6. The largest absolute Gasteiger partial charge is 0.447 e. The first-order valence-corrected chi connectivity index (χ1v) is 15.9. The maximum absolute atomic E-state index is 15.0. The van der Waals surface area contributed by atoms with Gasteiger partial charge in [-0.3, -0.25) is 5.32 Å². The zero-order valence-electron chi connectivity index (χ0n) is 21.6. The van der Waals surface area contributed by atoms with Crippen molar-refractivity contribution in [2.24, 2.45) is 0 Å². The fourth-order valence-electron chi connectivity index (χ4n) is 4.11. The van der Waals surface area contributed by atoms with Crippen LogP contribution in [0.5, 0.6) is 11.5 Å². The third-order valence-corrected chi connectivity index (χ3v) is 9.87. The Hall–Kier alpha value is -3.45. The molecule has 0 saturated carbocycles. The molecule has 4 aromatic rings. The molecule has 0 fully saturated rings. The molecule has 0 aliphatic heterocycles. The summed E-state index contributed by atoms with van der Waals surface area (Å²) in [5.41, 5.74) is 0.508. The van der Waals surface area contributed by atoms with E-state index in [4.69, 9.17) is 9.05 Å². The minimum atomic E-state index is -3.87. The maximum Gasteiger partial charge on any atom is 0.447 e. The number of nitrogens with one attached hydrogen (secondary N) is 1. The van der Waals surface area contributed by atoms with Crippen LogP contribution in [0.25, 0.3) is 0 Å². The van der Waals surface area contributed by atoms with Gasteiger partial charge in [-0.1, -0.05) is 80.1 Å². The monoisotopic (exact) mass is 567 g/mol. The van der Waals surface area contributed by atoms with E-state index in [1.54, 1.807) is 72.8 Å². The molecule has 1 unspecified atom stereocenters. The topological polar surface area (TPSA) is 81.7 Å². The van der Waals surface area contributed by atoms with Crippen LogP contribution >= 0.6 is 7.60 Å². The van der Waals surface area contributed by atoms with Gasteiger partial charge in [-0.2, -0.15) is 0 Å².